The maximum atomic E-state index is 11.3. The molecule has 0 bridgehead atoms. The predicted octanol–water partition coefficient (Wildman–Crippen LogP) is 0.110. The SMILES string of the molecule is CCOC(=O)C(C)CN1CC(CO)C1. The standard InChI is InChI=1S/C10H19NO3/c1-3-14-10(13)8(2)4-11-5-9(6-11)7-12/h8-9,12H,3-7H2,1-2H3. The van der Waals surface area contributed by atoms with Crippen molar-refractivity contribution in [3.63, 3.8) is 0 Å². The number of aliphatic hydroxyl groups is 1. The third-order valence-electron chi connectivity index (χ3n) is 2.51. The minimum absolute atomic E-state index is 0.0606. The Morgan fingerprint density at radius 1 is 1.64 bits per heavy atom. The van der Waals surface area contributed by atoms with Crippen LogP contribution in [0.2, 0.25) is 0 Å². The number of rotatable bonds is 5. The van der Waals surface area contributed by atoms with E-state index >= 15 is 0 Å². The van der Waals surface area contributed by atoms with Gasteiger partial charge in [0, 0.05) is 32.2 Å². The molecule has 0 amide bonds. The second kappa shape index (κ2) is 5.32. The fourth-order valence-electron chi connectivity index (χ4n) is 1.69. The summed E-state index contributed by atoms with van der Waals surface area (Å²) >= 11 is 0. The van der Waals surface area contributed by atoms with Gasteiger partial charge in [-0.1, -0.05) is 6.92 Å². The third kappa shape index (κ3) is 2.96. The number of hydrogen-bond acceptors (Lipinski definition) is 4. The molecule has 1 atom stereocenters. The van der Waals surface area contributed by atoms with Gasteiger partial charge in [-0.15, -0.1) is 0 Å². The lowest BCUT2D eigenvalue weighted by molar-refractivity contribution is -0.148. The van der Waals surface area contributed by atoms with Gasteiger partial charge in [-0.05, 0) is 6.92 Å². The molecule has 1 heterocycles. The van der Waals surface area contributed by atoms with Crippen molar-refractivity contribution in [2.75, 3.05) is 32.8 Å². The number of likely N-dealkylation sites (tertiary alicyclic amines) is 1. The molecule has 82 valence electrons. The van der Waals surface area contributed by atoms with E-state index in [-0.39, 0.29) is 18.5 Å². The van der Waals surface area contributed by atoms with E-state index in [0.717, 1.165) is 19.6 Å². The molecule has 1 aliphatic rings. The zero-order valence-corrected chi connectivity index (χ0v) is 8.90. The minimum atomic E-state index is -0.125. The molecule has 1 unspecified atom stereocenters. The number of carbonyl (C=O) groups excluding carboxylic acids is 1. The molecule has 1 fully saturated rings. The lowest BCUT2D eigenvalue weighted by atomic mass is 9.99. The van der Waals surface area contributed by atoms with Gasteiger partial charge < -0.3 is 14.7 Å². The highest BCUT2D eigenvalue weighted by molar-refractivity contribution is 5.72. The second-order valence-electron chi connectivity index (χ2n) is 3.92. The number of aliphatic hydroxyl groups excluding tert-OH is 1. The molecule has 4 heteroatoms. The first-order valence-corrected chi connectivity index (χ1v) is 5.17. The predicted molar refractivity (Wildman–Crippen MR) is 52.8 cm³/mol. The summed E-state index contributed by atoms with van der Waals surface area (Å²) in [6.45, 7) is 6.95. The van der Waals surface area contributed by atoms with E-state index in [4.69, 9.17) is 9.84 Å². The van der Waals surface area contributed by atoms with Crippen molar-refractivity contribution in [2.45, 2.75) is 13.8 Å². The quantitative estimate of drug-likeness (QED) is 0.641. The van der Waals surface area contributed by atoms with Crippen molar-refractivity contribution in [3.05, 3.63) is 0 Å². The van der Waals surface area contributed by atoms with Gasteiger partial charge in [-0.25, -0.2) is 0 Å². The van der Waals surface area contributed by atoms with E-state index in [1.54, 1.807) is 0 Å². The van der Waals surface area contributed by atoms with Gasteiger partial charge in [-0.2, -0.15) is 0 Å². The Balaban J connectivity index is 2.15. The molecule has 1 rings (SSSR count). The maximum absolute atomic E-state index is 11.3. The van der Waals surface area contributed by atoms with Crippen LogP contribution in [0.3, 0.4) is 0 Å². The minimum Gasteiger partial charge on any atom is -0.466 e. The van der Waals surface area contributed by atoms with Crippen LogP contribution in [-0.2, 0) is 9.53 Å². The van der Waals surface area contributed by atoms with Gasteiger partial charge in [0.15, 0.2) is 0 Å². The zero-order valence-electron chi connectivity index (χ0n) is 8.90. The lowest BCUT2D eigenvalue weighted by Crippen LogP contribution is -2.50. The molecule has 0 aromatic carbocycles. The molecule has 0 aromatic heterocycles. The van der Waals surface area contributed by atoms with E-state index < -0.39 is 0 Å². The molecule has 1 aliphatic heterocycles. The third-order valence-corrected chi connectivity index (χ3v) is 2.51. The van der Waals surface area contributed by atoms with Crippen LogP contribution in [0.5, 0.6) is 0 Å². The number of carbonyl (C=O) groups is 1. The molecule has 1 saturated heterocycles. The van der Waals surface area contributed by atoms with Crippen LogP contribution in [0.1, 0.15) is 13.8 Å². The molecular weight excluding hydrogens is 182 g/mol. The van der Waals surface area contributed by atoms with Gasteiger partial charge in [0.05, 0.1) is 12.5 Å². The highest BCUT2D eigenvalue weighted by atomic mass is 16.5. The summed E-state index contributed by atoms with van der Waals surface area (Å²) < 4.78 is 4.91. The summed E-state index contributed by atoms with van der Waals surface area (Å²) in [6, 6.07) is 0. The van der Waals surface area contributed by atoms with Crippen molar-refractivity contribution in [2.24, 2.45) is 11.8 Å². The number of esters is 1. The van der Waals surface area contributed by atoms with Gasteiger partial charge >= 0.3 is 5.97 Å². The Morgan fingerprint density at radius 3 is 2.79 bits per heavy atom. The fraction of sp³-hybridized carbons (Fsp3) is 0.900. The molecule has 0 saturated carbocycles. The van der Waals surface area contributed by atoms with Crippen molar-refractivity contribution < 1.29 is 14.6 Å². The van der Waals surface area contributed by atoms with Crippen LogP contribution >= 0.6 is 0 Å². The van der Waals surface area contributed by atoms with Crippen molar-refractivity contribution in [1.82, 2.24) is 4.90 Å². The summed E-state index contributed by atoms with van der Waals surface area (Å²) in [7, 11) is 0. The largest absolute Gasteiger partial charge is 0.466 e. The van der Waals surface area contributed by atoms with E-state index in [1.165, 1.54) is 0 Å². The summed E-state index contributed by atoms with van der Waals surface area (Å²) in [6.07, 6.45) is 0. The van der Waals surface area contributed by atoms with Crippen LogP contribution in [0.15, 0.2) is 0 Å². The van der Waals surface area contributed by atoms with E-state index in [2.05, 4.69) is 4.90 Å². The van der Waals surface area contributed by atoms with Crippen LogP contribution in [0.4, 0.5) is 0 Å². The van der Waals surface area contributed by atoms with Crippen molar-refractivity contribution in [3.8, 4) is 0 Å². The highest BCUT2D eigenvalue weighted by Crippen LogP contribution is 2.16. The molecule has 0 aliphatic carbocycles. The Labute approximate surface area is 84.8 Å². The van der Waals surface area contributed by atoms with E-state index in [1.807, 2.05) is 13.8 Å². The van der Waals surface area contributed by atoms with Gasteiger partial charge in [0.2, 0.25) is 0 Å². The summed E-state index contributed by atoms with van der Waals surface area (Å²) in [5.41, 5.74) is 0. The molecule has 0 radical (unpaired) electrons. The summed E-state index contributed by atoms with van der Waals surface area (Å²) in [4.78, 5) is 13.4. The Morgan fingerprint density at radius 2 is 2.29 bits per heavy atom. The average molecular weight is 201 g/mol. The topological polar surface area (TPSA) is 49.8 Å². The molecular formula is C10H19NO3. The van der Waals surface area contributed by atoms with Gasteiger partial charge in [-0.3, -0.25) is 4.79 Å². The Bertz CT molecular complexity index is 190. The Hall–Kier alpha value is -0.610. The molecule has 0 spiro atoms. The summed E-state index contributed by atoms with van der Waals surface area (Å²) in [5.74, 6) is 0.221. The first-order valence-electron chi connectivity index (χ1n) is 5.17. The maximum Gasteiger partial charge on any atom is 0.309 e. The zero-order chi connectivity index (χ0) is 10.6. The average Bonchev–Trinajstić information content (AvgIpc) is 2.10. The lowest BCUT2D eigenvalue weighted by Gasteiger charge is -2.39. The first-order chi connectivity index (χ1) is 6.67. The van der Waals surface area contributed by atoms with Crippen LogP contribution in [0.25, 0.3) is 0 Å². The number of ether oxygens (including phenoxy) is 1. The van der Waals surface area contributed by atoms with E-state index in [0.29, 0.717) is 12.5 Å². The van der Waals surface area contributed by atoms with Crippen LogP contribution in [0, 0.1) is 11.8 Å². The Kier molecular flexibility index (Phi) is 4.35. The van der Waals surface area contributed by atoms with Gasteiger partial charge in [0.25, 0.3) is 0 Å². The van der Waals surface area contributed by atoms with Crippen LogP contribution in [-0.4, -0.2) is 48.8 Å². The fourth-order valence-corrected chi connectivity index (χ4v) is 1.69. The van der Waals surface area contributed by atoms with Crippen molar-refractivity contribution >= 4 is 5.97 Å². The van der Waals surface area contributed by atoms with Crippen molar-refractivity contribution in [1.29, 1.82) is 0 Å². The van der Waals surface area contributed by atoms with Gasteiger partial charge in [0.1, 0.15) is 0 Å². The molecule has 1 N–H and O–H groups in total. The smallest absolute Gasteiger partial charge is 0.309 e. The highest BCUT2D eigenvalue weighted by Gasteiger charge is 2.28. The number of hydrogen-bond donors (Lipinski definition) is 1. The monoisotopic (exact) mass is 201 g/mol. The molecule has 0 aromatic rings. The molecule has 4 nitrogen and oxygen atoms in total. The number of nitrogens with zero attached hydrogens (tertiary/aromatic N) is 1. The van der Waals surface area contributed by atoms with Crippen LogP contribution < -0.4 is 0 Å². The molecule has 14 heavy (non-hydrogen) atoms. The first kappa shape index (κ1) is 11.5. The second-order valence-corrected chi connectivity index (χ2v) is 3.92. The summed E-state index contributed by atoms with van der Waals surface area (Å²) in [5, 5.41) is 8.81. The van der Waals surface area contributed by atoms with E-state index in [9.17, 15) is 4.79 Å². The normalized spacial score (nSPS) is 20.2.